The van der Waals surface area contributed by atoms with E-state index in [4.69, 9.17) is 9.73 Å². The molecular formula is C17H36IN5O2. The van der Waals surface area contributed by atoms with Gasteiger partial charge in [0.2, 0.25) is 0 Å². The van der Waals surface area contributed by atoms with E-state index in [-0.39, 0.29) is 30.1 Å². The van der Waals surface area contributed by atoms with Crippen LogP contribution in [0.2, 0.25) is 0 Å². The van der Waals surface area contributed by atoms with Crippen LogP contribution in [0, 0.1) is 0 Å². The molecule has 1 rings (SSSR count). The lowest BCUT2D eigenvalue weighted by atomic mass is 10.3. The first-order valence-corrected chi connectivity index (χ1v) is 9.26. The van der Waals surface area contributed by atoms with Crippen molar-refractivity contribution < 1.29 is 9.53 Å². The Hall–Kier alpha value is -0.770. The van der Waals surface area contributed by atoms with Crippen LogP contribution in [0.15, 0.2) is 4.99 Å². The molecule has 1 amide bonds. The quantitative estimate of drug-likeness (QED) is 0.352. The lowest BCUT2D eigenvalue weighted by molar-refractivity contribution is 0.0914. The number of hydrogen-bond donors (Lipinski definition) is 1. The van der Waals surface area contributed by atoms with Gasteiger partial charge in [-0.05, 0) is 33.9 Å². The summed E-state index contributed by atoms with van der Waals surface area (Å²) in [4.78, 5) is 23.0. The number of guanidine groups is 1. The minimum atomic E-state index is -0.214. The summed E-state index contributed by atoms with van der Waals surface area (Å²) in [7, 11) is 0. The molecule has 0 radical (unpaired) electrons. The van der Waals surface area contributed by atoms with Gasteiger partial charge in [0.05, 0.1) is 13.2 Å². The fourth-order valence-electron chi connectivity index (χ4n) is 2.92. The van der Waals surface area contributed by atoms with E-state index in [1.165, 1.54) is 0 Å². The molecule has 0 saturated carbocycles. The molecule has 0 aromatic carbocycles. The van der Waals surface area contributed by atoms with Crippen molar-refractivity contribution in [3.8, 4) is 0 Å². The van der Waals surface area contributed by atoms with E-state index in [9.17, 15) is 4.79 Å². The molecule has 0 spiro atoms. The van der Waals surface area contributed by atoms with E-state index in [0.29, 0.717) is 25.7 Å². The van der Waals surface area contributed by atoms with Crippen LogP contribution in [0.3, 0.4) is 0 Å². The Bertz CT molecular complexity index is 396. The van der Waals surface area contributed by atoms with Gasteiger partial charge in [0.15, 0.2) is 5.96 Å². The third-order valence-electron chi connectivity index (χ3n) is 4.38. The molecule has 1 aliphatic rings. The van der Waals surface area contributed by atoms with Crippen molar-refractivity contribution >= 4 is 36.0 Å². The van der Waals surface area contributed by atoms with E-state index >= 15 is 0 Å². The van der Waals surface area contributed by atoms with E-state index in [0.717, 1.165) is 45.2 Å². The summed E-state index contributed by atoms with van der Waals surface area (Å²) < 4.78 is 5.07. The number of carbonyl (C=O) groups excluding carboxylic acids is 1. The normalized spacial score (nSPS) is 16.5. The van der Waals surface area contributed by atoms with Crippen molar-refractivity contribution in [3.05, 3.63) is 0 Å². The van der Waals surface area contributed by atoms with Crippen LogP contribution in [-0.4, -0.2) is 91.8 Å². The number of amides is 1. The Morgan fingerprint density at radius 2 is 1.68 bits per heavy atom. The SMILES string of the molecule is CCNC(=NCC(C)N(CC)CC)N1CCN(C(=O)OCC)CC1.I. The molecule has 1 N–H and O–H groups in total. The van der Waals surface area contributed by atoms with Crippen LogP contribution in [0.25, 0.3) is 0 Å². The number of hydrogen-bond acceptors (Lipinski definition) is 4. The lowest BCUT2D eigenvalue weighted by Crippen LogP contribution is -2.54. The second-order valence-corrected chi connectivity index (χ2v) is 5.94. The van der Waals surface area contributed by atoms with E-state index in [1.807, 2.05) is 6.92 Å². The minimum absolute atomic E-state index is 0. The number of ether oxygens (including phenoxy) is 1. The zero-order valence-corrected chi connectivity index (χ0v) is 18.8. The zero-order chi connectivity index (χ0) is 17.9. The Morgan fingerprint density at radius 1 is 1.12 bits per heavy atom. The summed E-state index contributed by atoms with van der Waals surface area (Å²) in [5.41, 5.74) is 0. The zero-order valence-electron chi connectivity index (χ0n) is 16.5. The summed E-state index contributed by atoms with van der Waals surface area (Å²) in [6, 6.07) is 0.425. The molecule has 1 unspecified atom stereocenters. The highest BCUT2D eigenvalue weighted by atomic mass is 127. The van der Waals surface area contributed by atoms with Gasteiger partial charge in [-0.25, -0.2) is 4.79 Å². The number of halogens is 1. The Kier molecular flexibility index (Phi) is 13.0. The number of aliphatic imine (C=N–C) groups is 1. The highest BCUT2D eigenvalue weighted by Crippen LogP contribution is 2.05. The van der Waals surface area contributed by atoms with Gasteiger partial charge in [-0.2, -0.15) is 0 Å². The van der Waals surface area contributed by atoms with Crippen LogP contribution in [0.5, 0.6) is 0 Å². The molecule has 148 valence electrons. The number of nitrogens with one attached hydrogen (secondary N) is 1. The molecule has 8 heteroatoms. The molecule has 0 bridgehead atoms. The van der Waals surface area contributed by atoms with Gasteiger partial charge in [-0.3, -0.25) is 9.89 Å². The molecule has 0 aromatic rings. The van der Waals surface area contributed by atoms with Crippen molar-refractivity contribution in [2.75, 3.05) is 59.0 Å². The van der Waals surface area contributed by atoms with Gasteiger partial charge in [-0.1, -0.05) is 13.8 Å². The van der Waals surface area contributed by atoms with Gasteiger partial charge in [0.1, 0.15) is 0 Å². The Labute approximate surface area is 170 Å². The molecule has 1 saturated heterocycles. The molecule has 25 heavy (non-hydrogen) atoms. The summed E-state index contributed by atoms with van der Waals surface area (Å²) in [6.45, 7) is 17.6. The van der Waals surface area contributed by atoms with E-state index in [1.54, 1.807) is 4.90 Å². The fourth-order valence-corrected chi connectivity index (χ4v) is 2.92. The predicted octanol–water partition coefficient (Wildman–Crippen LogP) is 2.07. The van der Waals surface area contributed by atoms with Gasteiger partial charge >= 0.3 is 6.09 Å². The number of nitrogens with zero attached hydrogens (tertiary/aromatic N) is 4. The summed E-state index contributed by atoms with van der Waals surface area (Å²) in [6.07, 6.45) is -0.214. The number of carbonyl (C=O) groups is 1. The summed E-state index contributed by atoms with van der Waals surface area (Å²) in [5, 5.41) is 3.37. The molecule has 1 heterocycles. The van der Waals surface area contributed by atoms with Crippen molar-refractivity contribution in [1.29, 1.82) is 0 Å². The fraction of sp³-hybridized carbons (Fsp3) is 0.882. The van der Waals surface area contributed by atoms with Crippen molar-refractivity contribution in [1.82, 2.24) is 20.0 Å². The van der Waals surface area contributed by atoms with Gasteiger partial charge in [0, 0.05) is 38.8 Å². The monoisotopic (exact) mass is 469 g/mol. The maximum absolute atomic E-state index is 11.8. The molecule has 7 nitrogen and oxygen atoms in total. The molecule has 0 aromatic heterocycles. The highest BCUT2D eigenvalue weighted by molar-refractivity contribution is 14.0. The Morgan fingerprint density at radius 3 is 2.16 bits per heavy atom. The van der Waals surface area contributed by atoms with Crippen molar-refractivity contribution in [2.45, 2.75) is 40.7 Å². The van der Waals surface area contributed by atoms with Crippen LogP contribution in [-0.2, 0) is 4.74 Å². The Balaban J connectivity index is 0.00000576. The summed E-state index contributed by atoms with van der Waals surface area (Å²) >= 11 is 0. The molecule has 1 aliphatic heterocycles. The van der Waals surface area contributed by atoms with Gasteiger partial charge in [0.25, 0.3) is 0 Å². The minimum Gasteiger partial charge on any atom is -0.450 e. The van der Waals surface area contributed by atoms with Crippen LogP contribution in [0.1, 0.15) is 34.6 Å². The third kappa shape index (κ3) is 7.98. The maximum Gasteiger partial charge on any atom is 0.409 e. The molecule has 0 aliphatic carbocycles. The maximum atomic E-state index is 11.8. The highest BCUT2D eigenvalue weighted by Gasteiger charge is 2.23. The average molecular weight is 469 g/mol. The van der Waals surface area contributed by atoms with Crippen molar-refractivity contribution in [3.63, 3.8) is 0 Å². The smallest absolute Gasteiger partial charge is 0.409 e. The van der Waals surface area contributed by atoms with Gasteiger partial charge in [-0.15, -0.1) is 24.0 Å². The number of rotatable bonds is 7. The molecular weight excluding hydrogens is 433 g/mol. The van der Waals surface area contributed by atoms with Crippen LogP contribution < -0.4 is 5.32 Å². The predicted molar refractivity (Wildman–Crippen MR) is 114 cm³/mol. The average Bonchev–Trinajstić information content (AvgIpc) is 2.60. The standard InChI is InChI=1S/C17H35N5O2.HI/c1-6-18-16(19-14-15(5)20(7-2)8-3)21-10-12-22(13-11-21)17(23)24-9-4;/h15H,6-14H2,1-5H3,(H,18,19);1H. The second-order valence-electron chi connectivity index (χ2n) is 5.94. The van der Waals surface area contributed by atoms with Crippen molar-refractivity contribution in [2.24, 2.45) is 4.99 Å². The second kappa shape index (κ2) is 13.4. The van der Waals surface area contributed by atoms with E-state index in [2.05, 4.69) is 42.8 Å². The van der Waals surface area contributed by atoms with Gasteiger partial charge < -0.3 is 19.9 Å². The largest absolute Gasteiger partial charge is 0.450 e. The number of likely N-dealkylation sites (N-methyl/N-ethyl adjacent to an activating group) is 1. The molecule has 1 atom stereocenters. The van der Waals surface area contributed by atoms with Crippen LogP contribution in [0.4, 0.5) is 4.79 Å². The lowest BCUT2D eigenvalue weighted by Gasteiger charge is -2.36. The number of piperazine rings is 1. The first-order valence-electron chi connectivity index (χ1n) is 9.26. The third-order valence-corrected chi connectivity index (χ3v) is 4.38. The van der Waals surface area contributed by atoms with E-state index < -0.39 is 0 Å². The topological polar surface area (TPSA) is 60.4 Å². The summed E-state index contributed by atoms with van der Waals surface area (Å²) in [5.74, 6) is 0.944. The van der Waals surface area contributed by atoms with Crippen LogP contribution >= 0.6 is 24.0 Å². The first kappa shape index (κ1) is 24.2. The molecule has 1 fully saturated rings. The first-order chi connectivity index (χ1) is 11.6.